The Morgan fingerprint density at radius 1 is 1.04 bits per heavy atom. The summed E-state index contributed by atoms with van der Waals surface area (Å²) in [4.78, 5) is 14.8. The van der Waals surface area contributed by atoms with Crippen molar-refractivity contribution < 1.29 is 19.4 Å². The predicted molar refractivity (Wildman–Crippen MR) is 111 cm³/mol. The van der Waals surface area contributed by atoms with Crippen LogP contribution in [-0.4, -0.2) is 30.1 Å². The zero-order valence-electron chi connectivity index (χ0n) is 16.1. The molecule has 0 saturated carbocycles. The zero-order valence-corrected chi connectivity index (χ0v) is 18.3. The van der Waals surface area contributed by atoms with E-state index in [2.05, 4.69) is 22.6 Å². The lowest BCUT2D eigenvalue weighted by Gasteiger charge is -2.38. The summed E-state index contributed by atoms with van der Waals surface area (Å²) >= 11 is 2.13. The maximum Gasteiger partial charge on any atom is 0.258 e. The van der Waals surface area contributed by atoms with Crippen LogP contribution >= 0.6 is 22.6 Å². The fourth-order valence-corrected chi connectivity index (χ4v) is 4.43. The first-order chi connectivity index (χ1) is 12.7. The number of carbonyl (C=O) groups is 1. The summed E-state index contributed by atoms with van der Waals surface area (Å²) in [5, 5.41) is 11.1. The molecule has 1 amide bonds. The normalized spacial score (nSPS) is 17.4. The van der Waals surface area contributed by atoms with Crippen LogP contribution in [-0.2, 0) is 20.8 Å². The van der Waals surface area contributed by atoms with E-state index in [1.807, 2.05) is 50.2 Å². The molecule has 1 heterocycles. The molecule has 1 unspecified atom stereocenters. The molecule has 0 aliphatic carbocycles. The average Bonchev–Trinajstić information content (AvgIpc) is 2.93. The van der Waals surface area contributed by atoms with Crippen molar-refractivity contribution in [2.45, 2.75) is 38.3 Å². The highest BCUT2D eigenvalue weighted by molar-refractivity contribution is 14.1. The number of fused-ring (bicyclic) bond motifs is 1. The van der Waals surface area contributed by atoms with Crippen LogP contribution in [0, 0.1) is 3.57 Å². The summed E-state index contributed by atoms with van der Waals surface area (Å²) in [7, 11) is 3.13. The fourth-order valence-electron chi connectivity index (χ4n) is 3.55. The van der Waals surface area contributed by atoms with E-state index in [1.165, 1.54) is 4.90 Å². The smallest absolute Gasteiger partial charge is 0.258 e. The summed E-state index contributed by atoms with van der Waals surface area (Å²) in [6.07, 6.45) is -1.05. The van der Waals surface area contributed by atoms with Gasteiger partial charge >= 0.3 is 0 Å². The van der Waals surface area contributed by atoms with Gasteiger partial charge in [-0.05, 0) is 61.1 Å². The number of carbonyl (C=O) groups excluding carboxylic acids is 1. The van der Waals surface area contributed by atoms with Crippen LogP contribution in [0.4, 0.5) is 0 Å². The van der Waals surface area contributed by atoms with E-state index in [4.69, 9.17) is 9.47 Å². The van der Waals surface area contributed by atoms with E-state index in [0.717, 1.165) is 14.7 Å². The van der Waals surface area contributed by atoms with Crippen LogP contribution in [0.2, 0.25) is 0 Å². The van der Waals surface area contributed by atoms with Gasteiger partial charge in [0.15, 0.2) is 12.0 Å². The molecule has 1 N–H and O–H groups in total. The van der Waals surface area contributed by atoms with Crippen molar-refractivity contribution >= 4 is 28.5 Å². The van der Waals surface area contributed by atoms with Gasteiger partial charge in [0.1, 0.15) is 0 Å². The number of hydrogen-bond acceptors (Lipinski definition) is 4. The summed E-state index contributed by atoms with van der Waals surface area (Å²) in [5.41, 5.74) is 2.14. The molecule has 0 aromatic heterocycles. The predicted octanol–water partition coefficient (Wildman–Crippen LogP) is 4.14. The van der Waals surface area contributed by atoms with Crippen LogP contribution < -0.4 is 0 Å². The topological polar surface area (TPSA) is 59.0 Å². The number of benzene rings is 2. The Balaban J connectivity index is 2.11. The molecule has 144 valence electrons. The minimum absolute atomic E-state index is 0.182. The van der Waals surface area contributed by atoms with Crippen molar-refractivity contribution in [2.75, 3.05) is 14.2 Å². The largest absolute Gasteiger partial charge is 0.369 e. The summed E-state index contributed by atoms with van der Waals surface area (Å²) in [5.74, 6) is -1.14. The van der Waals surface area contributed by atoms with Crippen LogP contribution in [0.15, 0.2) is 42.5 Å². The Morgan fingerprint density at radius 2 is 1.63 bits per heavy atom. The molecule has 0 spiro atoms. The van der Waals surface area contributed by atoms with Gasteiger partial charge in [-0.3, -0.25) is 9.69 Å². The standard InChI is InChI=1S/C21H24INO4/c1-20(2,13-9-7-6-8-10-13)23-18(24)15-11-14(21(3,26-4)27-5)12-16(22)17(15)19(23)25/h6-12,18,24H,1-5H3. The number of rotatable bonds is 5. The van der Waals surface area contributed by atoms with Gasteiger partial charge in [-0.1, -0.05) is 30.3 Å². The summed E-state index contributed by atoms with van der Waals surface area (Å²) < 4.78 is 11.8. The molecule has 6 heteroatoms. The molecule has 0 radical (unpaired) electrons. The third-order valence-electron chi connectivity index (χ3n) is 5.46. The number of methoxy groups -OCH3 is 2. The van der Waals surface area contributed by atoms with Crippen LogP contribution in [0.5, 0.6) is 0 Å². The molecule has 27 heavy (non-hydrogen) atoms. The monoisotopic (exact) mass is 481 g/mol. The quantitative estimate of drug-likeness (QED) is 0.516. The highest BCUT2D eigenvalue weighted by Gasteiger charge is 2.46. The SMILES string of the molecule is COC(C)(OC)c1cc(I)c2c(c1)C(O)N(C(C)(C)c1ccccc1)C2=O. The van der Waals surface area contributed by atoms with Gasteiger partial charge < -0.3 is 14.6 Å². The molecular weight excluding hydrogens is 457 g/mol. The van der Waals surface area contributed by atoms with E-state index >= 15 is 0 Å². The number of aliphatic hydroxyl groups excluding tert-OH is 1. The van der Waals surface area contributed by atoms with Gasteiger partial charge in [0.2, 0.25) is 0 Å². The first-order valence-corrected chi connectivity index (χ1v) is 9.76. The van der Waals surface area contributed by atoms with Crippen molar-refractivity contribution in [1.82, 2.24) is 4.90 Å². The second kappa shape index (κ2) is 7.16. The van der Waals surface area contributed by atoms with Gasteiger partial charge in [-0.15, -0.1) is 0 Å². The van der Waals surface area contributed by atoms with Gasteiger partial charge in [-0.2, -0.15) is 0 Å². The number of hydrogen-bond donors (Lipinski definition) is 1. The Hall–Kier alpha value is -1.48. The number of aliphatic hydroxyl groups is 1. The zero-order chi connectivity index (χ0) is 20.0. The number of ether oxygens (including phenoxy) is 2. The minimum atomic E-state index is -1.05. The summed E-state index contributed by atoms with van der Waals surface area (Å²) in [6, 6.07) is 13.4. The molecule has 1 aliphatic heterocycles. The van der Waals surface area contributed by atoms with Crippen molar-refractivity contribution in [3.8, 4) is 0 Å². The first-order valence-electron chi connectivity index (χ1n) is 8.69. The molecule has 2 aromatic rings. The molecule has 0 fully saturated rings. The van der Waals surface area contributed by atoms with Crippen LogP contribution in [0.1, 0.15) is 54.0 Å². The Kier molecular flexibility index (Phi) is 5.37. The van der Waals surface area contributed by atoms with E-state index in [0.29, 0.717) is 11.1 Å². The molecule has 0 bridgehead atoms. The highest BCUT2D eigenvalue weighted by atomic mass is 127. The minimum Gasteiger partial charge on any atom is -0.369 e. The number of halogens is 1. The third kappa shape index (κ3) is 3.18. The van der Waals surface area contributed by atoms with E-state index < -0.39 is 17.6 Å². The lowest BCUT2D eigenvalue weighted by Crippen LogP contribution is -2.44. The van der Waals surface area contributed by atoms with E-state index in [1.54, 1.807) is 27.2 Å². The number of amides is 1. The van der Waals surface area contributed by atoms with Crippen LogP contribution in [0.25, 0.3) is 0 Å². The maximum absolute atomic E-state index is 13.2. The van der Waals surface area contributed by atoms with Gasteiger partial charge in [0.25, 0.3) is 5.91 Å². The van der Waals surface area contributed by atoms with E-state index in [9.17, 15) is 9.90 Å². The summed E-state index contributed by atoms with van der Waals surface area (Å²) in [6.45, 7) is 5.69. The molecule has 0 saturated heterocycles. The molecule has 1 aliphatic rings. The lowest BCUT2D eigenvalue weighted by molar-refractivity contribution is -0.201. The fraction of sp³-hybridized carbons (Fsp3) is 0.381. The Bertz CT molecular complexity index is 862. The van der Waals surface area contributed by atoms with Crippen molar-refractivity contribution in [3.63, 3.8) is 0 Å². The van der Waals surface area contributed by atoms with Gasteiger partial charge in [0.05, 0.1) is 11.1 Å². The van der Waals surface area contributed by atoms with E-state index in [-0.39, 0.29) is 5.91 Å². The molecule has 1 atom stereocenters. The second-order valence-electron chi connectivity index (χ2n) is 7.25. The molecule has 5 nitrogen and oxygen atoms in total. The van der Waals surface area contributed by atoms with Crippen molar-refractivity contribution in [2.24, 2.45) is 0 Å². The van der Waals surface area contributed by atoms with Crippen molar-refractivity contribution in [3.05, 3.63) is 68.3 Å². The molecular formula is C21H24INO4. The Labute approximate surface area is 173 Å². The average molecular weight is 481 g/mol. The Morgan fingerprint density at radius 3 is 2.19 bits per heavy atom. The third-order valence-corrected chi connectivity index (χ3v) is 6.31. The molecule has 2 aromatic carbocycles. The number of nitrogens with zero attached hydrogens (tertiary/aromatic N) is 1. The van der Waals surface area contributed by atoms with Gasteiger partial charge in [-0.25, -0.2) is 0 Å². The van der Waals surface area contributed by atoms with Gasteiger partial charge in [0, 0.05) is 28.9 Å². The van der Waals surface area contributed by atoms with Crippen molar-refractivity contribution in [1.29, 1.82) is 0 Å². The lowest BCUT2D eigenvalue weighted by atomic mass is 9.92. The first kappa shape index (κ1) is 20.3. The highest BCUT2D eigenvalue weighted by Crippen LogP contribution is 2.44. The molecule has 3 rings (SSSR count). The van der Waals surface area contributed by atoms with Crippen LogP contribution in [0.3, 0.4) is 0 Å². The second-order valence-corrected chi connectivity index (χ2v) is 8.41. The maximum atomic E-state index is 13.2.